The van der Waals surface area contributed by atoms with Crippen LogP contribution < -0.4 is 0 Å². The first-order valence-corrected chi connectivity index (χ1v) is 7.51. The number of carbonyl (C=O) groups excluding carboxylic acids is 1. The Balaban J connectivity index is 2.16. The van der Waals surface area contributed by atoms with Gasteiger partial charge in [-0.15, -0.1) is 0 Å². The Morgan fingerprint density at radius 1 is 1.14 bits per heavy atom. The summed E-state index contributed by atoms with van der Waals surface area (Å²) in [5, 5.41) is 1.09. The van der Waals surface area contributed by atoms with Gasteiger partial charge >= 0.3 is 5.97 Å². The van der Waals surface area contributed by atoms with Crippen molar-refractivity contribution < 1.29 is 9.53 Å². The smallest absolute Gasteiger partial charge is 0.310 e. The molecule has 0 aliphatic carbocycles. The molecule has 112 valence electrons. The first-order chi connectivity index (χ1) is 10.7. The Bertz CT molecular complexity index is 803. The second-order valence-electron chi connectivity index (χ2n) is 5.38. The predicted molar refractivity (Wildman–Crippen MR) is 88.8 cm³/mol. The van der Waals surface area contributed by atoms with Crippen molar-refractivity contribution in [2.24, 2.45) is 0 Å². The summed E-state index contributed by atoms with van der Waals surface area (Å²) in [6, 6.07) is 16.3. The molecule has 0 amide bonds. The van der Waals surface area contributed by atoms with Crippen LogP contribution in [-0.2, 0) is 16.0 Å². The van der Waals surface area contributed by atoms with Crippen molar-refractivity contribution in [2.45, 2.75) is 20.3 Å². The number of aromatic amines is 1. The summed E-state index contributed by atoms with van der Waals surface area (Å²) in [5.41, 5.74) is 5.30. The Morgan fingerprint density at radius 2 is 1.91 bits per heavy atom. The maximum atomic E-state index is 12.0. The van der Waals surface area contributed by atoms with Crippen LogP contribution in [0.25, 0.3) is 22.2 Å². The zero-order valence-corrected chi connectivity index (χ0v) is 12.8. The molecule has 0 unspecified atom stereocenters. The molecule has 0 spiro atoms. The van der Waals surface area contributed by atoms with Gasteiger partial charge in [0.15, 0.2) is 0 Å². The summed E-state index contributed by atoms with van der Waals surface area (Å²) in [4.78, 5) is 15.4. The molecule has 2 aromatic carbocycles. The van der Waals surface area contributed by atoms with Crippen LogP contribution in [0.5, 0.6) is 0 Å². The van der Waals surface area contributed by atoms with Crippen LogP contribution in [0, 0.1) is 6.92 Å². The number of aromatic nitrogens is 1. The highest BCUT2D eigenvalue weighted by molar-refractivity contribution is 5.94. The van der Waals surface area contributed by atoms with Gasteiger partial charge < -0.3 is 9.72 Å². The van der Waals surface area contributed by atoms with Gasteiger partial charge in [-0.05, 0) is 37.1 Å². The van der Waals surface area contributed by atoms with Crippen molar-refractivity contribution in [3.63, 3.8) is 0 Å². The summed E-state index contributed by atoms with van der Waals surface area (Å²) in [5.74, 6) is -0.193. The van der Waals surface area contributed by atoms with Crippen LogP contribution in [0.3, 0.4) is 0 Å². The quantitative estimate of drug-likeness (QED) is 0.731. The third-order valence-electron chi connectivity index (χ3n) is 3.75. The van der Waals surface area contributed by atoms with Crippen molar-refractivity contribution in [1.82, 2.24) is 4.98 Å². The Morgan fingerprint density at radius 3 is 2.64 bits per heavy atom. The lowest BCUT2D eigenvalue weighted by Gasteiger charge is -2.05. The van der Waals surface area contributed by atoms with Crippen LogP contribution in [-0.4, -0.2) is 17.6 Å². The van der Waals surface area contributed by atoms with Crippen LogP contribution in [0.2, 0.25) is 0 Å². The van der Waals surface area contributed by atoms with Gasteiger partial charge in [0.2, 0.25) is 0 Å². The van der Waals surface area contributed by atoms with Crippen LogP contribution >= 0.6 is 0 Å². The summed E-state index contributed by atoms with van der Waals surface area (Å²) in [6.45, 7) is 4.29. The Kier molecular flexibility index (Phi) is 3.96. The molecule has 0 saturated carbocycles. The van der Waals surface area contributed by atoms with Crippen molar-refractivity contribution in [3.05, 3.63) is 59.7 Å². The molecule has 3 nitrogen and oxygen atoms in total. The number of nitrogens with one attached hydrogen (secondary N) is 1. The molecular weight excluding hydrogens is 274 g/mol. The minimum absolute atomic E-state index is 0.193. The van der Waals surface area contributed by atoms with Gasteiger partial charge in [-0.1, -0.05) is 42.0 Å². The van der Waals surface area contributed by atoms with E-state index in [-0.39, 0.29) is 12.4 Å². The largest absolute Gasteiger partial charge is 0.466 e. The molecule has 0 atom stereocenters. The summed E-state index contributed by atoms with van der Waals surface area (Å²) in [7, 11) is 0. The average molecular weight is 293 g/mol. The van der Waals surface area contributed by atoms with Crippen LogP contribution in [0.4, 0.5) is 0 Å². The van der Waals surface area contributed by atoms with E-state index in [2.05, 4.69) is 30.1 Å². The molecule has 1 aromatic heterocycles. The lowest BCUT2D eigenvalue weighted by Crippen LogP contribution is -2.08. The minimum Gasteiger partial charge on any atom is -0.466 e. The molecular formula is C19H19NO2. The Hall–Kier alpha value is -2.55. The molecule has 3 aromatic rings. The number of hydrogen-bond acceptors (Lipinski definition) is 2. The Labute approximate surface area is 129 Å². The number of ether oxygens (including phenoxy) is 1. The monoisotopic (exact) mass is 293 g/mol. The fraction of sp³-hybridized carbons (Fsp3) is 0.211. The van der Waals surface area contributed by atoms with E-state index >= 15 is 0 Å². The lowest BCUT2D eigenvalue weighted by atomic mass is 10.0. The number of hydrogen-bond donors (Lipinski definition) is 1. The number of H-pyrrole nitrogens is 1. The molecule has 0 aliphatic rings. The highest BCUT2D eigenvalue weighted by Gasteiger charge is 2.16. The van der Waals surface area contributed by atoms with E-state index in [9.17, 15) is 4.79 Å². The molecule has 0 radical (unpaired) electrons. The van der Waals surface area contributed by atoms with Crippen molar-refractivity contribution in [2.75, 3.05) is 6.61 Å². The molecule has 3 heteroatoms. The predicted octanol–water partition coefficient (Wildman–Crippen LogP) is 4.25. The van der Waals surface area contributed by atoms with Gasteiger partial charge in [-0.2, -0.15) is 0 Å². The molecule has 0 saturated heterocycles. The first kappa shape index (κ1) is 14.4. The van der Waals surface area contributed by atoms with E-state index in [4.69, 9.17) is 4.74 Å². The zero-order valence-electron chi connectivity index (χ0n) is 12.8. The molecule has 3 rings (SSSR count). The number of esters is 1. The van der Waals surface area contributed by atoms with Gasteiger partial charge in [0, 0.05) is 10.9 Å². The molecule has 22 heavy (non-hydrogen) atoms. The van der Waals surface area contributed by atoms with Crippen molar-refractivity contribution >= 4 is 16.9 Å². The summed E-state index contributed by atoms with van der Waals surface area (Å²) in [6.07, 6.45) is 0.279. The first-order valence-electron chi connectivity index (χ1n) is 7.51. The normalized spacial score (nSPS) is 10.8. The number of rotatable bonds is 4. The topological polar surface area (TPSA) is 42.1 Å². The molecule has 0 bridgehead atoms. The number of benzene rings is 2. The third kappa shape index (κ3) is 2.75. The van der Waals surface area contributed by atoms with Crippen LogP contribution in [0.15, 0.2) is 48.5 Å². The van der Waals surface area contributed by atoms with Crippen molar-refractivity contribution in [3.8, 4) is 11.3 Å². The SMILES string of the molecule is CCOC(=O)Cc1c(-c2ccccc2)[nH]c2ccc(C)cc12. The van der Waals surface area contributed by atoms with E-state index in [1.807, 2.05) is 37.3 Å². The van der Waals surface area contributed by atoms with Gasteiger partial charge in [-0.3, -0.25) is 4.79 Å². The van der Waals surface area contributed by atoms with Crippen LogP contribution in [0.1, 0.15) is 18.1 Å². The molecule has 0 aliphatic heterocycles. The van der Waals surface area contributed by atoms with E-state index in [1.54, 1.807) is 0 Å². The lowest BCUT2D eigenvalue weighted by molar-refractivity contribution is -0.142. The number of fused-ring (bicyclic) bond motifs is 1. The second-order valence-corrected chi connectivity index (χ2v) is 5.38. The number of aryl methyl sites for hydroxylation is 1. The third-order valence-corrected chi connectivity index (χ3v) is 3.75. The molecule has 1 heterocycles. The average Bonchev–Trinajstić information content (AvgIpc) is 2.86. The van der Waals surface area contributed by atoms with E-state index in [1.165, 1.54) is 5.56 Å². The van der Waals surface area contributed by atoms with Gasteiger partial charge in [0.05, 0.1) is 18.7 Å². The summed E-state index contributed by atoms with van der Waals surface area (Å²) >= 11 is 0. The highest BCUT2D eigenvalue weighted by atomic mass is 16.5. The second kappa shape index (κ2) is 6.06. The standard InChI is InChI=1S/C19H19NO2/c1-3-22-18(21)12-16-15-11-13(2)9-10-17(15)20-19(16)14-7-5-4-6-8-14/h4-11,20H,3,12H2,1-2H3. The van der Waals surface area contributed by atoms with E-state index in [0.29, 0.717) is 6.61 Å². The maximum absolute atomic E-state index is 12.0. The highest BCUT2D eigenvalue weighted by Crippen LogP contribution is 2.31. The number of carbonyl (C=O) groups is 1. The van der Waals surface area contributed by atoms with Gasteiger partial charge in [0.1, 0.15) is 0 Å². The van der Waals surface area contributed by atoms with E-state index in [0.717, 1.165) is 27.7 Å². The minimum atomic E-state index is -0.193. The van der Waals surface area contributed by atoms with Gasteiger partial charge in [0.25, 0.3) is 0 Å². The maximum Gasteiger partial charge on any atom is 0.310 e. The zero-order chi connectivity index (χ0) is 15.5. The summed E-state index contributed by atoms with van der Waals surface area (Å²) < 4.78 is 5.13. The van der Waals surface area contributed by atoms with E-state index < -0.39 is 0 Å². The fourth-order valence-corrected chi connectivity index (χ4v) is 2.75. The molecule has 0 fully saturated rings. The molecule has 1 N–H and O–H groups in total. The van der Waals surface area contributed by atoms with Crippen molar-refractivity contribution in [1.29, 1.82) is 0 Å². The fourth-order valence-electron chi connectivity index (χ4n) is 2.75. The van der Waals surface area contributed by atoms with Gasteiger partial charge in [-0.25, -0.2) is 0 Å².